The summed E-state index contributed by atoms with van der Waals surface area (Å²) in [6.07, 6.45) is 1.81. The van der Waals surface area contributed by atoms with E-state index in [1.165, 1.54) is 5.57 Å². The molecule has 0 saturated carbocycles. The average molecular weight is 100 g/mol. The summed E-state index contributed by atoms with van der Waals surface area (Å²) in [5.74, 6) is 1.94. The van der Waals surface area contributed by atoms with Gasteiger partial charge >= 0.3 is 0 Å². The van der Waals surface area contributed by atoms with E-state index in [9.17, 15) is 0 Å². The molecule has 34 valence electrons. The van der Waals surface area contributed by atoms with Crippen LogP contribution in [0.2, 0.25) is 0 Å². The SMILES string of the molecule is C=C/C(C)=C/P. The predicted octanol–water partition coefficient (Wildman–Crippen LogP) is 1.95. The van der Waals surface area contributed by atoms with Crippen molar-refractivity contribution in [1.29, 1.82) is 0 Å². The van der Waals surface area contributed by atoms with Crippen molar-refractivity contribution in [3.05, 3.63) is 24.0 Å². The van der Waals surface area contributed by atoms with Gasteiger partial charge in [-0.05, 0) is 6.92 Å². The molecular weight excluding hydrogens is 91.0 g/mol. The topological polar surface area (TPSA) is 0 Å². The lowest BCUT2D eigenvalue weighted by atomic mass is 10.4. The highest BCUT2D eigenvalue weighted by Gasteiger charge is 1.66. The van der Waals surface area contributed by atoms with Gasteiger partial charge in [0.25, 0.3) is 0 Å². The molecule has 1 heteroatoms. The van der Waals surface area contributed by atoms with E-state index >= 15 is 0 Å². The van der Waals surface area contributed by atoms with Crippen LogP contribution in [0.25, 0.3) is 0 Å². The first-order chi connectivity index (χ1) is 2.81. The second-order valence-electron chi connectivity index (χ2n) is 1.11. The zero-order valence-corrected chi connectivity index (χ0v) is 5.09. The zero-order chi connectivity index (χ0) is 4.99. The lowest BCUT2D eigenvalue weighted by molar-refractivity contribution is 1.57. The number of allylic oxidation sites excluding steroid dienone is 2. The van der Waals surface area contributed by atoms with Gasteiger partial charge in [0, 0.05) is 0 Å². The smallest absolute Gasteiger partial charge is 0.0398 e. The summed E-state index contributed by atoms with van der Waals surface area (Å²) in [7, 11) is 2.51. The first-order valence-electron chi connectivity index (χ1n) is 1.82. The second-order valence-corrected chi connectivity index (χ2v) is 1.45. The van der Waals surface area contributed by atoms with Crippen LogP contribution in [-0.2, 0) is 0 Å². The molecule has 0 saturated heterocycles. The van der Waals surface area contributed by atoms with E-state index in [4.69, 9.17) is 0 Å². The van der Waals surface area contributed by atoms with Crippen molar-refractivity contribution < 1.29 is 0 Å². The molecule has 0 aromatic heterocycles. The minimum absolute atomic E-state index is 1.19. The number of hydrogen-bond donors (Lipinski definition) is 0. The first kappa shape index (κ1) is 5.91. The van der Waals surface area contributed by atoms with Gasteiger partial charge in [0.1, 0.15) is 0 Å². The Balaban J connectivity index is 3.50. The summed E-state index contributed by atoms with van der Waals surface area (Å²) < 4.78 is 0. The minimum Gasteiger partial charge on any atom is -0.113 e. The van der Waals surface area contributed by atoms with Gasteiger partial charge < -0.3 is 0 Å². The molecule has 0 N–H and O–H groups in total. The Kier molecular flexibility index (Phi) is 3.07. The van der Waals surface area contributed by atoms with Gasteiger partial charge in [-0.1, -0.05) is 24.0 Å². The number of hydrogen-bond acceptors (Lipinski definition) is 0. The fourth-order valence-corrected chi connectivity index (χ4v) is 0.204. The molecule has 0 nitrogen and oxygen atoms in total. The molecule has 1 unspecified atom stereocenters. The highest BCUT2D eigenvalue weighted by Crippen LogP contribution is 1.95. The third-order valence-electron chi connectivity index (χ3n) is 0.585. The lowest BCUT2D eigenvalue weighted by Crippen LogP contribution is -1.54. The first-order valence-corrected chi connectivity index (χ1v) is 2.49. The van der Waals surface area contributed by atoms with Crippen LogP contribution >= 0.6 is 9.24 Å². The van der Waals surface area contributed by atoms with Crippen LogP contribution in [-0.4, -0.2) is 0 Å². The highest BCUT2D eigenvalue weighted by molar-refractivity contribution is 7.20. The van der Waals surface area contributed by atoms with Crippen molar-refractivity contribution in [1.82, 2.24) is 0 Å². The Hall–Kier alpha value is -0.0900. The molecule has 0 spiro atoms. The van der Waals surface area contributed by atoms with E-state index in [1.54, 1.807) is 0 Å². The van der Waals surface area contributed by atoms with Crippen LogP contribution in [0.15, 0.2) is 24.0 Å². The molecule has 0 heterocycles. The Labute approximate surface area is 41.1 Å². The molecule has 6 heavy (non-hydrogen) atoms. The van der Waals surface area contributed by atoms with Gasteiger partial charge in [-0.2, -0.15) is 0 Å². The zero-order valence-electron chi connectivity index (χ0n) is 3.94. The largest absolute Gasteiger partial charge is 0.113 e. The summed E-state index contributed by atoms with van der Waals surface area (Å²) in [5.41, 5.74) is 1.19. The van der Waals surface area contributed by atoms with Gasteiger partial charge in [0.05, 0.1) is 0 Å². The molecule has 0 aliphatic rings. The monoisotopic (exact) mass is 100 g/mol. The standard InChI is InChI=1S/C5H9P/c1-3-5(2)4-6/h3-4H,1,6H2,2H3/b5-4+. The Bertz CT molecular complexity index is 72.0. The average Bonchev–Trinajstić information content (AvgIpc) is 1.65. The van der Waals surface area contributed by atoms with Crippen molar-refractivity contribution >= 4 is 9.24 Å². The third-order valence-corrected chi connectivity index (χ3v) is 1.11. The fourth-order valence-electron chi connectivity index (χ4n) is 0.0680. The molecule has 0 rings (SSSR count). The van der Waals surface area contributed by atoms with Gasteiger partial charge in [-0.15, -0.1) is 9.24 Å². The second kappa shape index (κ2) is 3.11. The van der Waals surface area contributed by atoms with Gasteiger partial charge in [0.2, 0.25) is 0 Å². The van der Waals surface area contributed by atoms with Crippen molar-refractivity contribution in [2.45, 2.75) is 6.92 Å². The maximum Gasteiger partial charge on any atom is -0.0398 e. The molecule has 0 aromatic carbocycles. The summed E-state index contributed by atoms with van der Waals surface area (Å²) >= 11 is 0. The van der Waals surface area contributed by atoms with Crippen molar-refractivity contribution in [3.8, 4) is 0 Å². The Morgan fingerprint density at radius 1 is 1.83 bits per heavy atom. The van der Waals surface area contributed by atoms with E-state index in [0.29, 0.717) is 0 Å². The summed E-state index contributed by atoms with van der Waals surface area (Å²) in [6, 6.07) is 0. The summed E-state index contributed by atoms with van der Waals surface area (Å²) in [6.45, 7) is 5.55. The molecule has 1 atom stereocenters. The Morgan fingerprint density at radius 3 is 2.33 bits per heavy atom. The molecular formula is C5H9P. The van der Waals surface area contributed by atoms with E-state index in [1.807, 2.05) is 18.8 Å². The summed E-state index contributed by atoms with van der Waals surface area (Å²) in [5, 5.41) is 0. The predicted molar refractivity (Wildman–Crippen MR) is 33.7 cm³/mol. The van der Waals surface area contributed by atoms with Crippen LogP contribution < -0.4 is 0 Å². The lowest BCUT2D eigenvalue weighted by Gasteiger charge is -1.78. The minimum atomic E-state index is 1.19. The van der Waals surface area contributed by atoms with E-state index < -0.39 is 0 Å². The van der Waals surface area contributed by atoms with Gasteiger partial charge in [0.15, 0.2) is 0 Å². The molecule has 0 aliphatic heterocycles. The third kappa shape index (κ3) is 2.17. The Morgan fingerprint density at radius 2 is 2.33 bits per heavy atom. The fraction of sp³-hybridized carbons (Fsp3) is 0.200. The highest BCUT2D eigenvalue weighted by atomic mass is 31.0. The van der Waals surface area contributed by atoms with Crippen LogP contribution in [0.5, 0.6) is 0 Å². The molecule has 0 radical (unpaired) electrons. The molecule has 0 aromatic rings. The van der Waals surface area contributed by atoms with Crippen molar-refractivity contribution in [3.63, 3.8) is 0 Å². The normalized spacial score (nSPS) is 11.3. The van der Waals surface area contributed by atoms with Crippen molar-refractivity contribution in [2.75, 3.05) is 0 Å². The van der Waals surface area contributed by atoms with E-state index in [-0.39, 0.29) is 0 Å². The van der Waals surface area contributed by atoms with Crippen molar-refractivity contribution in [2.24, 2.45) is 0 Å². The molecule has 0 amide bonds. The van der Waals surface area contributed by atoms with Crippen LogP contribution in [0.4, 0.5) is 0 Å². The summed E-state index contributed by atoms with van der Waals surface area (Å²) in [4.78, 5) is 0. The molecule has 0 aliphatic carbocycles. The maximum absolute atomic E-state index is 3.55. The van der Waals surface area contributed by atoms with E-state index in [2.05, 4.69) is 15.8 Å². The number of rotatable bonds is 1. The van der Waals surface area contributed by atoms with E-state index in [0.717, 1.165) is 0 Å². The molecule has 0 fully saturated rings. The molecule has 0 bridgehead atoms. The maximum atomic E-state index is 3.55. The van der Waals surface area contributed by atoms with Gasteiger partial charge in [-0.3, -0.25) is 0 Å². The van der Waals surface area contributed by atoms with Crippen LogP contribution in [0, 0.1) is 0 Å². The van der Waals surface area contributed by atoms with Crippen LogP contribution in [0.1, 0.15) is 6.92 Å². The quantitative estimate of drug-likeness (QED) is 0.349. The van der Waals surface area contributed by atoms with Gasteiger partial charge in [-0.25, -0.2) is 0 Å². The van der Waals surface area contributed by atoms with Crippen LogP contribution in [0.3, 0.4) is 0 Å².